The molecule has 1 N–H and O–H groups in total. The molecular weight excluding hydrogens is 254 g/mol. The van der Waals surface area contributed by atoms with Gasteiger partial charge in [0.2, 0.25) is 0 Å². The minimum atomic E-state index is -0.310. The van der Waals surface area contributed by atoms with Gasteiger partial charge in [-0.25, -0.2) is 0 Å². The highest BCUT2D eigenvalue weighted by Crippen LogP contribution is 2.30. The number of ether oxygens (including phenoxy) is 1. The van der Waals surface area contributed by atoms with E-state index in [0.29, 0.717) is 19.8 Å². The summed E-state index contributed by atoms with van der Waals surface area (Å²) in [7, 11) is 0. The van der Waals surface area contributed by atoms with Crippen LogP contribution < -0.4 is 5.56 Å². The number of aryl methyl sites for hydroxylation is 2. The third kappa shape index (κ3) is 2.05. The zero-order valence-electron chi connectivity index (χ0n) is 11.8. The van der Waals surface area contributed by atoms with E-state index in [1.54, 1.807) is 10.6 Å². The lowest BCUT2D eigenvalue weighted by Gasteiger charge is -2.40. The molecule has 1 aliphatic heterocycles. The number of aromatic nitrogens is 1. The van der Waals surface area contributed by atoms with Gasteiger partial charge in [0.25, 0.3) is 5.56 Å². The number of benzene rings is 1. The molecule has 0 aliphatic carbocycles. The van der Waals surface area contributed by atoms with Crippen molar-refractivity contribution in [2.45, 2.75) is 20.4 Å². The van der Waals surface area contributed by atoms with Crippen LogP contribution in [0.2, 0.25) is 0 Å². The number of fused-ring (bicyclic) bond motifs is 1. The Labute approximate surface area is 117 Å². The maximum absolute atomic E-state index is 12.3. The Kier molecular flexibility index (Phi) is 3.15. The molecule has 0 saturated carbocycles. The standard InChI is InChI=1S/C16H19NO3/c1-11-3-4-13-12(2)6-15(19)17(14(13)5-11)7-16(8-18)9-20-10-16/h3-6,18H,7-10H2,1-2H3. The van der Waals surface area contributed by atoms with E-state index in [4.69, 9.17) is 4.74 Å². The van der Waals surface area contributed by atoms with Crippen LogP contribution in [0.1, 0.15) is 11.1 Å². The fourth-order valence-corrected chi connectivity index (χ4v) is 2.78. The Balaban J connectivity index is 2.18. The van der Waals surface area contributed by atoms with Crippen LogP contribution in [0.3, 0.4) is 0 Å². The number of aliphatic hydroxyl groups is 1. The lowest BCUT2D eigenvalue weighted by Crippen LogP contribution is -2.50. The lowest BCUT2D eigenvalue weighted by atomic mass is 9.86. The first-order valence-electron chi connectivity index (χ1n) is 6.84. The molecule has 20 heavy (non-hydrogen) atoms. The molecule has 1 aromatic carbocycles. The summed E-state index contributed by atoms with van der Waals surface area (Å²) >= 11 is 0. The van der Waals surface area contributed by atoms with Gasteiger partial charge in [-0.2, -0.15) is 0 Å². The highest BCUT2D eigenvalue weighted by Gasteiger charge is 2.39. The van der Waals surface area contributed by atoms with Crippen molar-refractivity contribution in [2.75, 3.05) is 19.8 Å². The topological polar surface area (TPSA) is 51.5 Å². The van der Waals surface area contributed by atoms with E-state index in [0.717, 1.165) is 22.0 Å². The second-order valence-corrected chi connectivity index (χ2v) is 5.92. The number of rotatable bonds is 3. The summed E-state index contributed by atoms with van der Waals surface area (Å²) in [6.45, 7) is 5.54. The monoisotopic (exact) mass is 273 g/mol. The maximum Gasteiger partial charge on any atom is 0.251 e. The summed E-state index contributed by atoms with van der Waals surface area (Å²) in [6.07, 6.45) is 0. The average molecular weight is 273 g/mol. The van der Waals surface area contributed by atoms with E-state index in [1.165, 1.54) is 0 Å². The maximum atomic E-state index is 12.3. The van der Waals surface area contributed by atoms with Gasteiger partial charge in [0.15, 0.2) is 0 Å². The first kappa shape index (κ1) is 13.3. The van der Waals surface area contributed by atoms with E-state index in [9.17, 15) is 9.90 Å². The van der Waals surface area contributed by atoms with Crippen molar-refractivity contribution in [3.63, 3.8) is 0 Å². The summed E-state index contributed by atoms with van der Waals surface area (Å²) in [5.41, 5.74) is 2.73. The number of hydrogen-bond acceptors (Lipinski definition) is 3. The summed E-state index contributed by atoms with van der Waals surface area (Å²) in [5.74, 6) is 0. The van der Waals surface area contributed by atoms with Crippen molar-refractivity contribution in [3.8, 4) is 0 Å². The quantitative estimate of drug-likeness (QED) is 0.924. The van der Waals surface area contributed by atoms with E-state index in [-0.39, 0.29) is 17.6 Å². The van der Waals surface area contributed by atoms with E-state index in [2.05, 4.69) is 12.1 Å². The molecule has 0 radical (unpaired) electrons. The second kappa shape index (κ2) is 4.72. The number of pyridine rings is 1. The van der Waals surface area contributed by atoms with Gasteiger partial charge in [-0.05, 0) is 31.0 Å². The Hall–Kier alpha value is -1.65. The second-order valence-electron chi connectivity index (χ2n) is 5.92. The fourth-order valence-electron chi connectivity index (χ4n) is 2.78. The molecule has 0 unspecified atom stereocenters. The molecule has 2 aromatic rings. The van der Waals surface area contributed by atoms with Gasteiger partial charge in [0.1, 0.15) is 0 Å². The van der Waals surface area contributed by atoms with Crippen molar-refractivity contribution >= 4 is 10.9 Å². The average Bonchev–Trinajstić information content (AvgIpc) is 2.36. The van der Waals surface area contributed by atoms with Crippen LogP contribution in [0.15, 0.2) is 29.1 Å². The smallest absolute Gasteiger partial charge is 0.251 e. The van der Waals surface area contributed by atoms with Crippen molar-refractivity contribution in [1.82, 2.24) is 4.57 Å². The third-order valence-electron chi connectivity index (χ3n) is 4.12. The normalized spacial score (nSPS) is 17.1. The molecule has 106 valence electrons. The van der Waals surface area contributed by atoms with Gasteiger partial charge in [-0.3, -0.25) is 4.79 Å². The van der Waals surface area contributed by atoms with Gasteiger partial charge < -0.3 is 14.4 Å². The van der Waals surface area contributed by atoms with Crippen LogP contribution in [0.4, 0.5) is 0 Å². The summed E-state index contributed by atoms with van der Waals surface area (Å²) < 4.78 is 7.00. The van der Waals surface area contributed by atoms with Crippen LogP contribution in [0.25, 0.3) is 10.9 Å². The van der Waals surface area contributed by atoms with Gasteiger partial charge in [-0.1, -0.05) is 12.1 Å². The SMILES string of the molecule is Cc1ccc2c(C)cc(=O)n(CC3(CO)COC3)c2c1. The molecule has 0 atom stereocenters. The molecule has 3 rings (SSSR count). The van der Waals surface area contributed by atoms with E-state index in [1.807, 2.05) is 19.9 Å². The Bertz CT molecular complexity index is 708. The zero-order valence-corrected chi connectivity index (χ0v) is 11.8. The van der Waals surface area contributed by atoms with Gasteiger partial charge >= 0.3 is 0 Å². The predicted octanol–water partition coefficient (Wildman–Crippen LogP) is 1.63. The third-order valence-corrected chi connectivity index (χ3v) is 4.12. The number of hydrogen-bond donors (Lipinski definition) is 1. The molecule has 1 fully saturated rings. The first-order valence-corrected chi connectivity index (χ1v) is 6.84. The lowest BCUT2D eigenvalue weighted by molar-refractivity contribution is -0.144. The molecule has 4 heteroatoms. The first-order chi connectivity index (χ1) is 9.54. The molecular formula is C16H19NO3. The highest BCUT2D eigenvalue weighted by atomic mass is 16.5. The zero-order chi connectivity index (χ0) is 14.3. The highest BCUT2D eigenvalue weighted by molar-refractivity contribution is 5.83. The van der Waals surface area contributed by atoms with Crippen LogP contribution in [0, 0.1) is 19.3 Å². The van der Waals surface area contributed by atoms with Crippen molar-refractivity contribution in [1.29, 1.82) is 0 Å². The molecule has 0 spiro atoms. The largest absolute Gasteiger partial charge is 0.396 e. The Morgan fingerprint density at radius 3 is 2.65 bits per heavy atom. The summed E-state index contributed by atoms with van der Waals surface area (Å²) in [6, 6.07) is 7.81. The van der Waals surface area contributed by atoms with Gasteiger partial charge in [0.05, 0.1) is 30.8 Å². The van der Waals surface area contributed by atoms with E-state index >= 15 is 0 Å². The molecule has 1 saturated heterocycles. The van der Waals surface area contributed by atoms with Crippen molar-refractivity contribution < 1.29 is 9.84 Å². The van der Waals surface area contributed by atoms with Crippen LogP contribution in [-0.4, -0.2) is 29.5 Å². The van der Waals surface area contributed by atoms with Crippen LogP contribution in [0.5, 0.6) is 0 Å². The number of nitrogens with zero attached hydrogens (tertiary/aromatic N) is 1. The molecule has 1 aliphatic rings. The van der Waals surface area contributed by atoms with Gasteiger partial charge in [0, 0.05) is 18.0 Å². The minimum absolute atomic E-state index is 0.0136. The fraction of sp³-hybridized carbons (Fsp3) is 0.438. The molecule has 0 bridgehead atoms. The predicted molar refractivity (Wildman–Crippen MR) is 78.0 cm³/mol. The van der Waals surface area contributed by atoms with Crippen molar-refractivity contribution in [3.05, 3.63) is 45.7 Å². The minimum Gasteiger partial charge on any atom is -0.396 e. The van der Waals surface area contributed by atoms with Crippen LogP contribution in [-0.2, 0) is 11.3 Å². The van der Waals surface area contributed by atoms with Crippen molar-refractivity contribution in [2.24, 2.45) is 5.41 Å². The molecule has 0 amide bonds. The van der Waals surface area contributed by atoms with E-state index < -0.39 is 0 Å². The molecule has 1 aromatic heterocycles. The Morgan fingerprint density at radius 1 is 1.30 bits per heavy atom. The Morgan fingerprint density at radius 2 is 2.05 bits per heavy atom. The van der Waals surface area contributed by atoms with Gasteiger partial charge in [-0.15, -0.1) is 0 Å². The molecule has 4 nitrogen and oxygen atoms in total. The summed E-state index contributed by atoms with van der Waals surface area (Å²) in [4.78, 5) is 12.3. The summed E-state index contributed by atoms with van der Waals surface area (Å²) in [5, 5.41) is 10.7. The number of aliphatic hydroxyl groups excluding tert-OH is 1. The van der Waals surface area contributed by atoms with Crippen LogP contribution >= 0.6 is 0 Å². The molecule has 2 heterocycles.